The van der Waals surface area contributed by atoms with Crippen molar-refractivity contribution in [2.24, 2.45) is 4.99 Å². The summed E-state index contributed by atoms with van der Waals surface area (Å²) >= 11 is 0. The lowest BCUT2D eigenvalue weighted by atomic mass is 10.2. The Hall–Kier alpha value is -1.12. The van der Waals surface area contributed by atoms with Crippen molar-refractivity contribution in [1.82, 2.24) is 5.32 Å². The van der Waals surface area contributed by atoms with Gasteiger partial charge in [-0.15, -0.1) is 0 Å². The number of nitrogens with one attached hydrogen (secondary N) is 2. The minimum atomic E-state index is 0.393. The van der Waals surface area contributed by atoms with Crippen LogP contribution >= 0.6 is 0 Å². The molecule has 0 saturated heterocycles. The zero-order valence-corrected chi connectivity index (χ0v) is 6.44. The molecule has 0 aromatic rings. The average molecular weight is 139 g/mol. The molecule has 0 aliphatic heterocycles. The van der Waals surface area contributed by atoms with Crippen molar-refractivity contribution < 1.29 is 0 Å². The molecule has 0 atom stereocenters. The largest absolute Gasteiger partial charge is 0.394 e. The monoisotopic (exact) mass is 139 g/mol. The molecule has 0 aliphatic carbocycles. The summed E-state index contributed by atoms with van der Waals surface area (Å²) in [5.74, 6) is 0. The predicted octanol–water partition coefficient (Wildman–Crippen LogP) is 0.830. The first kappa shape index (κ1) is 8.88. The van der Waals surface area contributed by atoms with E-state index < -0.39 is 0 Å². The highest BCUT2D eigenvalue weighted by Gasteiger charge is 1.94. The highest BCUT2D eigenvalue weighted by atomic mass is 14.8. The molecule has 0 bridgehead atoms. The molecule has 0 rings (SSSR count). The first-order valence-corrected chi connectivity index (χ1v) is 3.06. The van der Waals surface area contributed by atoms with Crippen LogP contribution in [0, 0.1) is 5.41 Å². The molecule has 0 spiro atoms. The van der Waals surface area contributed by atoms with Crippen molar-refractivity contribution in [3.05, 3.63) is 11.8 Å². The summed E-state index contributed by atoms with van der Waals surface area (Å²) in [6.45, 7) is 5.56. The number of nitrogens with zero attached hydrogens (tertiary/aromatic N) is 1. The number of rotatable bonds is 4. The van der Waals surface area contributed by atoms with E-state index >= 15 is 0 Å². The summed E-state index contributed by atoms with van der Waals surface area (Å²) in [5, 5.41) is 10.2. The molecule has 56 valence electrons. The minimum absolute atomic E-state index is 0.393. The Morgan fingerprint density at radius 1 is 1.80 bits per heavy atom. The van der Waals surface area contributed by atoms with E-state index in [9.17, 15) is 0 Å². The Morgan fingerprint density at radius 2 is 2.40 bits per heavy atom. The molecule has 0 aliphatic rings. The lowest BCUT2D eigenvalue weighted by Crippen LogP contribution is -2.06. The van der Waals surface area contributed by atoms with E-state index in [1.165, 1.54) is 0 Å². The second-order valence-corrected chi connectivity index (χ2v) is 1.98. The Kier molecular flexibility index (Phi) is 4.20. The van der Waals surface area contributed by atoms with Crippen molar-refractivity contribution >= 4 is 12.4 Å². The van der Waals surface area contributed by atoms with Crippen LogP contribution in [0.3, 0.4) is 0 Å². The van der Waals surface area contributed by atoms with Crippen LogP contribution in [0.15, 0.2) is 16.8 Å². The van der Waals surface area contributed by atoms with Gasteiger partial charge in [-0.1, -0.05) is 0 Å². The third-order valence-electron chi connectivity index (χ3n) is 1.11. The van der Waals surface area contributed by atoms with Gasteiger partial charge < -0.3 is 10.7 Å². The third kappa shape index (κ3) is 3.02. The highest BCUT2D eigenvalue weighted by Crippen LogP contribution is 1.92. The molecule has 0 heterocycles. The van der Waals surface area contributed by atoms with Gasteiger partial charge in [0, 0.05) is 13.2 Å². The summed E-state index contributed by atoms with van der Waals surface area (Å²) in [6, 6.07) is 0. The van der Waals surface area contributed by atoms with Gasteiger partial charge in [0.1, 0.15) is 0 Å². The van der Waals surface area contributed by atoms with Gasteiger partial charge in [-0.3, -0.25) is 4.99 Å². The van der Waals surface area contributed by atoms with E-state index in [1.807, 2.05) is 6.92 Å². The standard InChI is InChI=1S/C7H13N3/c1-6(4-9-2)7(8)5-10-3/h4,8-9H,3,5H2,1-2H3/b6-4-,8-7?. The summed E-state index contributed by atoms with van der Waals surface area (Å²) in [7, 11) is 1.80. The smallest absolute Gasteiger partial charge is 0.0800 e. The van der Waals surface area contributed by atoms with Gasteiger partial charge in [-0.05, 0) is 19.2 Å². The topological polar surface area (TPSA) is 48.2 Å². The van der Waals surface area contributed by atoms with Crippen LogP contribution in [0.4, 0.5) is 0 Å². The van der Waals surface area contributed by atoms with E-state index in [2.05, 4.69) is 17.0 Å². The average Bonchev–Trinajstić information content (AvgIpc) is 1.89. The van der Waals surface area contributed by atoms with E-state index in [4.69, 9.17) is 5.41 Å². The third-order valence-corrected chi connectivity index (χ3v) is 1.11. The fourth-order valence-electron chi connectivity index (χ4n) is 0.540. The molecular formula is C7H13N3. The maximum atomic E-state index is 7.36. The SMILES string of the molecule is C=NCC(=N)/C(C)=C\NC. The van der Waals surface area contributed by atoms with Crippen molar-refractivity contribution in [3.8, 4) is 0 Å². The molecule has 0 amide bonds. The number of hydrogen-bond acceptors (Lipinski definition) is 3. The minimum Gasteiger partial charge on any atom is -0.394 e. The first-order chi connectivity index (χ1) is 4.72. The molecule has 0 fully saturated rings. The zero-order valence-electron chi connectivity index (χ0n) is 6.44. The molecule has 3 nitrogen and oxygen atoms in total. The van der Waals surface area contributed by atoms with Crippen LogP contribution in [-0.2, 0) is 0 Å². The van der Waals surface area contributed by atoms with Crippen molar-refractivity contribution in [3.63, 3.8) is 0 Å². The van der Waals surface area contributed by atoms with Gasteiger partial charge in [0.15, 0.2) is 0 Å². The number of aliphatic imine (C=N–C) groups is 1. The Morgan fingerprint density at radius 3 is 2.80 bits per heavy atom. The molecule has 2 N–H and O–H groups in total. The van der Waals surface area contributed by atoms with Gasteiger partial charge in [-0.2, -0.15) is 0 Å². The maximum Gasteiger partial charge on any atom is 0.0800 e. The van der Waals surface area contributed by atoms with Crippen LogP contribution in [0.2, 0.25) is 0 Å². The molecule has 0 unspecified atom stereocenters. The van der Waals surface area contributed by atoms with Crippen LogP contribution in [0.1, 0.15) is 6.92 Å². The lowest BCUT2D eigenvalue weighted by molar-refractivity contribution is 1.08. The van der Waals surface area contributed by atoms with Crippen molar-refractivity contribution in [1.29, 1.82) is 5.41 Å². The maximum absolute atomic E-state index is 7.36. The Bertz CT molecular complexity index is 158. The van der Waals surface area contributed by atoms with E-state index in [-0.39, 0.29) is 0 Å². The van der Waals surface area contributed by atoms with Crippen molar-refractivity contribution in [2.45, 2.75) is 6.92 Å². The predicted molar refractivity (Wildman–Crippen MR) is 45.0 cm³/mol. The summed E-state index contributed by atoms with van der Waals surface area (Å²) in [6.07, 6.45) is 1.77. The van der Waals surface area contributed by atoms with Gasteiger partial charge in [-0.25, -0.2) is 0 Å². The van der Waals surface area contributed by atoms with Gasteiger partial charge >= 0.3 is 0 Å². The van der Waals surface area contributed by atoms with Crippen LogP contribution in [-0.4, -0.2) is 26.0 Å². The Balaban J connectivity index is 3.93. The molecule has 0 radical (unpaired) electrons. The fraction of sp³-hybridized carbons (Fsp3) is 0.429. The fourth-order valence-corrected chi connectivity index (χ4v) is 0.540. The van der Waals surface area contributed by atoms with Gasteiger partial charge in [0.05, 0.1) is 12.3 Å². The lowest BCUT2D eigenvalue weighted by Gasteiger charge is -1.98. The van der Waals surface area contributed by atoms with Crippen LogP contribution < -0.4 is 5.32 Å². The van der Waals surface area contributed by atoms with Gasteiger partial charge in [0.2, 0.25) is 0 Å². The van der Waals surface area contributed by atoms with Crippen LogP contribution in [0.25, 0.3) is 0 Å². The summed E-state index contributed by atoms with van der Waals surface area (Å²) in [4.78, 5) is 3.60. The van der Waals surface area contributed by atoms with E-state index in [0.29, 0.717) is 12.3 Å². The molecule has 3 heteroatoms. The second kappa shape index (κ2) is 4.73. The molecule has 0 aromatic carbocycles. The van der Waals surface area contributed by atoms with E-state index in [1.54, 1.807) is 13.2 Å². The normalized spacial score (nSPS) is 10.8. The summed E-state index contributed by atoms with van der Waals surface area (Å²) in [5.41, 5.74) is 1.40. The van der Waals surface area contributed by atoms with Crippen molar-refractivity contribution in [2.75, 3.05) is 13.6 Å². The molecule has 10 heavy (non-hydrogen) atoms. The van der Waals surface area contributed by atoms with Gasteiger partial charge in [0.25, 0.3) is 0 Å². The molecule has 0 aromatic heterocycles. The van der Waals surface area contributed by atoms with Crippen LogP contribution in [0.5, 0.6) is 0 Å². The highest BCUT2D eigenvalue weighted by molar-refractivity contribution is 5.98. The first-order valence-electron chi connectivity index (χ1n) is 3.06. The summed E-state index contributed by atoms with van der Waals surface area (Å²) < 4.78 is 0. The second-order valence-electron chi connectivity index (χ2n) is 1.98. The molecular weight excluding hydrogens is 126 g/mol. The van der Waals surface area contributed by atoms with E-state index in [0.717, 1.165) is 5.57 Å². The zero-order chi connectivity index (χ0) is 7.98. The Labute approximate surface area is 61.4 Å². The molecule has 0 saturated carbocycles. The number of hydrogen-bond donors (Lipinski definition) is 2. The quantitative estimate of drug-likeness (QED) is 0.557.